The Morgan fingerprint density at radius 2 is 1.94 bits per heavy atom. The lowest BCUT2D eigenvalue weighted by molar-refractivity contribution is -0.136. The zero-order chi connectivity index (χ0) is 21.5. The molecule has 0 saturated carbocycles. The van der Waals surface area contributed by atoms with Crippen LogP contribution in [0.3, 0.4) is 0 Å². The van der Waals surface area contributed by atoms with Crippen molar-refractivity contribution in [2.45, 2.75) is 44.6 Å². The van der Waals surface area contributed by atoms with Crippen molar-refractivity contribution >= 4 is 17.7 Å². The quantitative estimate of drug-likeness (QED) is 0.723. The molecule has 0 aromatic heterocycles. The largest absolute Gasteiger partial charge is 0.322 e. The lowest BCUT2D eigenvalue weighted by Gasteiger charge is -2.29. The predicted molar refractivity (Wildman–Crippen MR) is 115 cm³/mol. The second-order valence-electron chi connectivity index (χ2n) is 8.72. The Labute approximate surface area is 181 Å². The maximum absolute atomic E-state index is 12.8. The summed E-state index contributed by atoms with van der Waals surface area (Å²) >= 11 is 0. The van der Waals surface area contributed by atoms with Gasteiger partial charge in [-0.3, -0.25) is 19.7 Å². The van der Waals surface area contributed by atoms with Gasteiger partial charge in [-0.05, 0) is 41.8 Å². The topological polar surface area (TPSA) is 81.8 Å². The molecule has 7 heteroatoms. The van der Waals surface area contributed by atoms with Crippen molar-refractivity contribution in [3.05, 3.63) is 70.3 Å². The lowest BCUT2D eigenvalue weighted by atomic mass is 10.0. The van der Waals surface area contributed by atoms with Crippen LogP contribution < -0.4 is 10.6 Å². The van der Waals surface area contributed by atoms with Crippen LogP contribution in [0.1, 0.15) is 51.5 Å². The number of imide groups is 1. The molecule has 31 heavy (non-hydrogen) atoms. The number of nitrogens with zero attached hydrogens (tertiary/aromatic N) is 2. The van der Waals surface area contributed by atoms with Gasteiger partial charge in [0.25, 0.3) is 5.91 Å². The van der Waals surface area contributed by atoms with Gasteiger partial charge in [-0.15, -0.1) is 0 Å². The van der Waals surface area contributed by atoms with E-state index in [1.54, 1.807) is 4.90 Å². The van der Waals surface area contributed by atoms with E-state index in [1.165, 1.54) is 11.1 Å². The summed E-state index contributed by atoms with van der Waals surface area (Å²) in [7, 11) is 2.11. The molecule has 5 rings (SSSR count). The molecular weight excluding hydrogens is 392 g/mol. The molecule has 0 radical (unpaired) electrons. The Morgan fingerprint density at radius 1 is 1.10 bits per heavy atom. The molecule has 1 saturated heterocycles. The summed E-state index contributed by atoms with van der Waals surface area (Å²) in [4.78, 5) is 40.4. The normalized spacial score (nSPS) is 22.6. The monoisotopic (exact) mass is 418 g/mol. The van der Waals surface area contributed by atoms with E-state index in [1.807, 2.05) is 12.1 Å². The third-order valence-electron chi connectivity index (χ3n) is 6.50. The van der Waals surface area contributed by atoms with E-state index in [0.717, 1.165) is 30.8 Å². The van der Waals surface area contributed by atoms with Crippen LogP contribution in [0.5, 0.6) is 0 Å². The number of benzene rings is 2. The van der Waals surface area contributed by atoms with Crippen LogP contribution in [-0.4, -0.2) is 47.2 Å². The molecule has 2 aromatic carbocycles. The first kappa shape index (κ1) is 19.9. The van der Waals surface area contributed by atoms with Crippen LogP contribution in [0, 0.1) is 0 Å². The molecule has 2 aromatic rings. The number of carbonyl (C=O) groups is 3. The van der Waals surface area contributed by atoms with E-state index in [2.05, 4.69) is 52.9 Å². The minimum Gasteiger partial charge on any atom is -0.322 e. The van der Waals surface area contributed by atoms with Gasteiger partial charge < -0.3 is 15.1 Å². The van der Waals surface area contributed by atoms with Crippen LogP contribution >= 0.6 is 0 Å². The third kappa shape index (κ3) is 3.75. The lowest BCUT2D eigenvalue weighted by Crippen LogP contribution is -2.52. The average molecular weight is 418 g/mol. The van der Waals surface area contributed by atoms with Gasteiger partial charge in [0.2, 0.25) is 11.8 Å². The number of likely N-dealkylation sites (N-methyl/N-ethyl adjacent to an activating group) is 1. The van der Waals surface area contributed by atoms with Crippen LogP contribution in [0.2, 0.25) is 0 Å². The van der Waals surface area contributed by atoms with Crippen molar-refractivity contribution < 1.29 is 14.4 Å². The van der Waals surface area contributed by atoms with Crippen molar-refractivity contribution in [3.63, 3.8) is 0 Å². The summed E-state index contributed by atoms with van der Waals surface area (Å²) in [5.41, 5.74) is 5.48. The Balaban J connectivity index is 1.25. The number of rotatable bonds is 5. The van der Waals surface area contributed by atoms with Crippen LogP contribution in [0.4, 0.5) is 0 Å². The van der Waals surface area contributed by atoms with Gasteiger partial charge in [0.1, 0.15) is 6.04 Å². The molecule has 2 atom stereocenters. The minimum atomic E-state index is -0.572. The van der Waals surface area contributed by atoms with Crippen LogP contribution in [0.25, 0.3) is 0 Å². The molecule has 3 heterocycles. The molecule has 3 aliphatic heterocycles. The van der Waals surface area contributed by atoms with Crippen molar-refractivity contribution in [3.8, 4) is 0 Å². The van der Waals surface area contributed by atoms with E-state index in [-0.39, 0.29) is 24.1 Å². The standard InChI is InChI=1S/C24H26N4O3/c1-27(14-20-18-5-3-2-4-16(18)11-25-20)12-15-6-7-19-17(10-15)13-28(24(19)31)21-8-9-22(29)26-23(21)30/h2-7,10,20-21,25H,8-9,11-14H2,1H3,(H,26,29,30). The van der Waals surface area contributed by atoms with Crippen molar-refractivity contribution in [2.75, 3.05) is 13.6 Å². The zero-order valence-corrected chi connectivity index (χ0v) is 17.6. The molecule has 0 aliphatic carbocycles. The summed E-state index contributed by atoms with van der Waals surface area (Å²) in [6.07, 6.45) is 0.654. The summed E-state index contributed by atoms with van der Waals surface area (Å²) < 4.78 is 0. The highest BCUT2D eigenvalue weighted by Crippen LogP contribution is 2.29. The first-order valence-corrected chi connectivity index (χ1v) is 10.8. The van der Waals surface area contributed by atoms with E-state index in [4.69, 9.17) is 0 Å². The maximum atomic E-state index is 12.8. The summed E-state index contributed by atoms with van der Waals surface area (Å²) in [6.45, 7) is 3.00. The number of hydrogen-bond acceptors (Lipinski definition) is 5. The third-order valence-corrected chi connectivity index (χ3v) is 6.50. The Hall–Kier alpha value is -3.03. The van der Waals surface area contributed by atoms with E-state index in [9.17, 15) is 14.4 Å². The number of nitrogens with one attached hydrogen (secondary N) is 2. The summed E-state index contributed by atoms with van der Waals surface area (Å²) in [5, 5.41) is 5.93. The molecule has 3 aliphatic rings. The minimum absolute atomic E-state index is 0.129. The van der Waals surface area contributed by atoms with Gasteiger partial charge in [0.05, 0.1) is 0 Å². The smallest absolute Gasteiger partial charge is 0.255 e. The fraction of sp³-hybridized carbons (Fsp3) is 0.375. The number of hydrogen-bond donors (Lipinski definition) is 2. The summed E-state index contributed by atoms with van der Waals surface area (Å²) in [6, 6.07) is 14.2. The maximum Gasteiger partial charge on any atom is 0.255 e. The highest BCUT2D eigenvalue weighted by Gasteiger charge is 2.39. The predicted octanol–water partition coefficient (Wildman–Crippen LogP) is 1.72. The second kappa shape index (κ2) is 7.90. The van der Waals surface area contributed by atoms with Crippen LogP contribution in [0.15, 0.2) is 42.5 Å². The molecule has 2 unspecified atom stereocenters. The Kier molecular flexibility index (Phi) is 5.08. The number of carbonyl (C=O) groups excluding carboxylic acids is 3. The SMILES string of the molecule is CN(Cc1ccc2c(c1)CN(C1CCC(=O)NC1=O)C2=O)CC1NCc2ccccc21. The van der Waals surface area contributed by atoms with Crippen LogP contribution in [-0.2, 0) is 29.2 Å². The number of amides is 3. The molecule has 0 bridgehead atoms. The van der Waals surface area contributed by atoms with E-state index >= 15 is 0 Å². The van der Waals surface area contributed by atoms with E-state index < -0.39 is 6.04 Å². The second-order valence-corrected chi connectivity index (χ2v) is 8.72. The first-order valence-electron chi connectivity index (χ1n) is 10.8. The highest BCUT2D eigenvalue weighted by atomic mass is 16.2. The summed E-state index contributed by atoms with van der Waals surface area (Å²) in [5.74, 6) is -0.770. The Morgan fingerprint density at radius 3 is 2.77 bits per heavy atom. The Bertz CT molecular complexity index is 1070. The fourth-order valence-electron chi connectivity index (χ4n) is 4.96. The number of fused-ring (bicyclic) bond motifs is 2. The van der Waals surface area contributed by atoms with Gasteiger partial charge in [0.15, 0.2) is 0 Å². The van der Waals surface area contributed by atoms with Gasteiger partial charge in [0, 0.05) is 44.2 Å². The molecule has 2 N–H and O–H groups in total. The van der Waals surface area contributed by atoms with Gasteiger partial charge >= 0.3 is 0 Å². The molecule has 0 spiro atoms. The highest BCUT2D eigenvalue weighted by molar-refractivity contribution is 6.05. The van der Waals surface area contributed by atoms with E-state index in [0.29, 0.717) is 24.6 Å². The van der Waals surface area contributed by atoms with Crippen molar-refractivity contribution in [1.82, 2.24) is 20.4 Å². The van der Waals surface area contributed by atoms with Crippen molar-refractivity contribution in [1.29, 1.82) is 0 Å². The van der Waals surface area contributed by atoms with Gasteiger partial charge in [-0.25, -0.2) is 0 Å². The fourth-order valence-corrected chi connectivity index (χ4v) is 4.96. The molecule has 1 fully saturated rings. The molecular formula is C24H26N4O3. The number of piperidine rings is 1. The first-order chi connectivity index (χ1) is 15.0. The molecule has 7 nitrogen and oxygen atoms in total. The van der Waals surface area contributed by atoms with Gasteiger partial charge in [-0.1, -0.05) is 36.4 Å². The zero-order valence-electron chi connectivity index (χ0n) is 17.6. The van der Waals surface area contributed by atoms with Gasteiger partial charge in [-0.2, -0.15) is 0 Å². The molecule has 160 valence electrons. The average Bonchev–Trinajstić information content (AvgIpc) is 3.29. The van der Waals surface area contributed by atoms with Crippen molar-refractivity contribution in [2.24, 2.45) is 0 Å². The molecule has 3 amide bonds.